The number of aldehydes is 1. The van der Waals surface area contributed by atoms with Crippen LogP contribution in [0.3, 0.4) is 0 Å². The maximum Gasteiger partial charge on any atom is 0.231 e. The molecule has 0 aliphatic carbocycles. The molecule has 86 valence electrons. The number of fused-ring (bicyclic) bond motifs is 1. The standard InChI is InChI=1S/C12H8O4S/c13-6-9-2-4-12(17-9)16-8-1-3-10-11(5-8)15-7-14-10/h1-6H,7H2. The lowest BCUT2D eigenvalue weighted by Gasteiger charge is -2.03. The molecule has 1 aromatic carbocycles. The zero-order valence-corrected chi connectivity index (χ0v) is 9.53. The molecule has 17 heavy (non-hydrogen) atoms. The van der Waals surface area contributed by atoms with Crippen LogP contribution in [-0.2, 0) is 0 Å². The van der Waals surface area contributed by atoms with Gasteiger partial charge in [-0.3, -0.25) is 4.79 Å². The van der Waals surface area contributed by atoms with E-state index in [0.717, 1.165) is 12.0 Å². The molecular weight excluding hydrogens is 240 g/mol. The molecule has 2 aromatic rings. The molecule has 0 unspecified atom stereocenters. The number of thiophene rings is 1. The van der Waals surface area contributed by atoms with Crippen LogP contribution in [-0.4, -0.2) is 13.1 Å². The van der Waals surface area contributed by atoms with Gasteiger partial charge in [0.25, 0.3) is 0 Å². The van der Waals surface area contributed by atoms with Gasteiger partial charge in [0, 0.05) is 6.07 Å². The Hall–Kier alpha value is -2.01. The summed E-state index contributed by atoms with van der Waals surface area (Å²) in [6, 6.07) is 8.85. The summed E-state index contributed by atoms with van der Waals surface area (Å²) in [5.41, 5.74) is 0. The van der Waals surface area contributed by atoms with Crippen molar-refractivity contribution in [3.8, 4) is 22.3 Å². The Morgan fingerprint density at radius 3 is 2.88 bits per heavy atom. The third-order valence-electron chi connectivity index (χ3n) is 2.28. The largest absolute Gasteiger partial charge is 0.454 e. The predicted molar refractivity (Wildman–Crippen MR) is 62.3 cm³/mol. The Labute approximate surface area is 101 Å². The Balaban J connectivity index is 1.83. The molecule has 4 nitrogen and oxygen atoms in total. The molecule has 2 heterocycles. The van der Waals surface area contributed by atoms with Crippen LogP contribution >= 0.6 is 11.3 Å². The minimum atomic E-state index is 0.243. The van der Waals surface area contributed by atoms with Gasteiger partial charge < -0.3 is 14.2 Å². The highest BCUT2D eigenvalue weighted by Crippen LogP contribution is 2.37. The van der Waals surface area contributed by atoms with Gasteiger partial charge in [-0.1, -0.05) is 11.3 Å². The van der Waals surface area contributed by atoms with Crippen LogP contribution in [0, 0.1) is 0 Å². The second kappa shape index (κ2) is 4.10. The molecule has 5 heteroatoms. The molecule has 1 aliphatic rings. The molecule has 1 aliphatic heterocycles. The maximum absolute atomic E-state index is 10.5. The molecule has 0 fully saturated rings. The van der Waals surface area contributed by atoms with Crippen molar-refractivity contribution in [1.29, 1.82) is 0 Å². The van der Waals surface area contributed by atoms with Crippen LogP contribution in [0.15, 0.2) is 30.3 Å². The lowest BCUT2D eigenvalue weighted by Crippen LogP contribution is -1.92. The van der Waals surface area contributed by atoms with Gasteiger partial charge in [-0.15, -0.1) is 0 Å². The van der Waals surface area contributed by atoms with Gasteiger partial charge in [0.2, 0.25) is 6.79 Å². The molecule has 0 bridgehead atoms. The Morgan fingerprint density at radius 1 is 1.18 bits per heavy atom. The zero-order valence-electron chi connectivity index (χ0n) is 8.71. The minimum Gasteiger partial charge on any atom is -0.454 e. The average Bonchev–Trinajstić information content (AvgIpc) is 2.96. The number of carbonyl (C=O) groups excluding carboxylic acids is 1. The summed E-state index contributed by atoms with van der Waals surface area (Å²) in [5, 5.41) is 0.672. The molecule has 0 amide bonds. The van der Waals surface area contributed by atoms with Gasteiger partial charge in [-0.25, -0.2) is 0 Å². The Bertz CT molecular complexity index is 561. The van der Waals surface area contributed by atoms with E-state index in [1.54, 1.807) is 30.3 Å². The van der Waals surface area contributed by atoms with E-state index in [-0.39, 0.29) is 6.79 Å². The average molecular weight is 248 g/mol. The van der Waals surface area contributed by atoms with Crippen molar-refractivity contribution in [2.75, 3.05) is 6.79 Å². The van der Waals surface area contributed by atoms with Gasteiger partial charge in [0.15, 0.2) is 22.8 Å². The fraction of sp³-hybridized carbons (Fsp3) is 0.0833. The molecule has 0 atom stereocenters. The molecule has 0 radical (unpaired) electrons. The number of ether oxygens (including phenoxy) is 3. The zero-order chi connectivity index (χ0) is 11.7. The van der Waals surface area contributed by atoms with Crippen molar-refractivity contribution in [2.24, 2.45) is 0 Å². The first-order chi connectivity index (χ1) is 8.35. The number of hydrogen-bond donors (Lipinski definition) is 0. The van der Waals surface area contributed by atoms with Crippen molar-refractivity contribution in [3.63, 3.8) is 0 Å². The van der Waals surface area contributed by atoms with E-state index in [9.17, 15) is 4.79 Å². The van der Waals surface area contributed by atoms with Crippen LogP contribution < -0.4 is 14.2 Å². The molecule has 0 saturated heterocycles. The van der Waals surface area contributed by atoms with Crippen LogP contribution in [0.25, 0.3) is 0 Å². The smallest absolute Gasteiger partial charge is 0.231 e. The van der Waals surface area contributed by atoms with E-state index >= 15 is 0 Å². The molecule has 1 aromatic heterocycles. The highest BCUT2D eigenvalue weighted by atomic mass is 32.1. The number of rotatable bonds is 3. The van der Waals surface area contributed by atoms with Crippen molar-refractivity contribution in [2.45, 2.75) is 0 Å². The highest BCUT2D eigenvalue weighted by molar-refractivity contribution is 7.15. The van der Waals surface area contributed by atoms with Crippen molar-refractivity contribution in [1.82, 2.24) is 0 Å². The monoisotopic (exact) mass is 248 g/mol. The van der Waals surface area contributed by atoms with Gasteiger partial charge in [0.05, 0.1) is 4.88 Å². The number of carbonyl (C=O) groups is 1. The minimum absolute atomic E-state index is 0.243. The summed E-state index contributed by atoms with van der Waals surface area (Å²) < 4.78 is 16.1. The Morgan fingerprint density at radius 2 is 2.06 bits per heavy atom. The third kappa shape index (κ3) is 1.97. The summed E-state index contributed by atoms with van der Waals surface area (Å²) in [4.78, 5) is 11.2. The quantitative estimate of drug-likeness (QED) is 0.783. The van der Waals surface area contributed by atoms with Gasteiger partial charge in [-0.05, 0) is 24.3 Å². The third-order valence-corrected chi connectivity index (χ3v) is 3.17. The molecular formula is C12H8O4S. The van der Waals surface area contributed by atoms with E-state index in [1.165, 1.54) is 11.3 Å². The Kier molecular flexibility index (Phi) is 2.45. The van der Waals surface area contributed by atoms with Crippen LogP contribution in [0.1, 0.15) is 9.67 Å². The second-order valence-corrected chi connectivity index (χ2v) is 4.47. The fourth-order valence-electron chi connectivity index (χ4n) is 1.51. The number of hydrogen-bond acceptors (Lipinski definition) is 5. The molecule has 3 rings (SSSR count). The topological polar surface area (TPSA) is 44.8 Å². The summed E-state index contributed by atoms with van der Waals surface area (Å²) in [5.74, 6) is 2.06. The second-order valence-electron chi connectivity index (χ2n) is 3.39. The van der Waals surface area contributed by atoms with E-state index in [0.29, 0.717) is 21.4 Å². The van der Waals surface area contributed by atoms with Crippen molar-refractivity contribution >= 4 is 17.6 Å². The van der Waals surface area contributed by atoms with E-state index < -0.39 is 0 Å². The van der Waals surface area contributed by atoms with Gasteiger partial charge in [0.1, 0.15) is 5.75 Å². The normalized spacial score (nSPS) is 12.5. The first-order valence-electron chi connectivity index (χ1n) is 4.98. The predicted octanol–water partition coefficient (Wildman–Crippen LogP) is 3.08. The summed E-state index contributed by atoms with van der Waals surface area (Å²) in [6.07, 6.45) is 0.803. The molecule has 0 saturated carbocycles. The van der Waals surface area contributed by atoms with Crippen LogP contribution in [0.4, 0.5) is 0 Å². The maximum atomic E-state index is 10.5. The van der Waals surface area contributed by atoms with Gasteiger partial charge >= 0.3 is 0 Å². The summed E-state index contributed by atoms with van der Waals surface area (Å²) in [6.45, 7) is 0.243. The lowest BCUT2D eigenvalue weighted by molar-refractivity contribution is 0.112. The molecule has 0 spiro atoms. The van der Waals surface area contributed by atoms with Crippen LogP contribution in [0.5, 0.6) is 22.3 Å². The highest BCUT2D eigenvalue weighted by Gasteiger charge is 2.14. The lowest BCUT2D eigenvalue weighted by atomic mass is 10.3. The fourth-order valence-corrected chi connectivity index (χ4v) is 2.20. The first kappa shape index (κ1) is 10.2. The van der Waals surface area contributed by atoms with E-state index in [1.807, 2.05) is 0 Å². The SMILES string of the molecule is O=Cc1ccc(Oc2ccc3c(c2)OCO3)s1. The summed E-state index contributed by atoms with van der Waals surface area (Å²) >= 11 is 1.30. The van der Waals surface area contributed by atoms with Crippen molar-refractivity contribution < 1.29 is 19.0 Å². The summed E-state index contributed by atoms with van der Waals surface area (Å²) in [7, 11) is 0. The van der Waals surface area contributed by atoms with E-state index in [2.05, 4.69) is 0 Å². The molecule has 0 N–H and O–H groups in total. The van der Waals surface area contributed by atoms with Crippen molar-refractivity contribution in [3.05, 3.63) is 35.2 Å². The first-order valence-corrected chi connectivity index (χ1v) is 5.79. The number of benzene rings is 1. The van der Waals surface area contributed by atoms with Crippen LogP contribution in [0.2, 0.25) is 0 Å². The van der Waals surface area contributed by atoms with E-state index in [4.69, 9.17) is 14.2 Å². The van der Waals surface area contributed by atoms with Gasteiger partial charge in [-0.2, -0.15) is 0 Å².